The number of carbonyl (C=O) groups excluding carboxylic acids is 3. The number of hydrogen-bond acceptors (Lipinski definition) is 7. The molecule has 38 heavy (non-hydrogen) atoms. The number of ether oxygens (including phenoxy) is 3. The molecule has 0 saturated carbocycles. The number of methoxy groups -OCH3 is 1. The second kappa shape index (κ2) is 18.1. The van der Waals surface area contributed by atoms with Crippen LogP contribution in [0.5, 0.6) is 5.75 Å². The zero-order valence-corrected chi connectivity index (χ0v) is 24.8. The molecule has 0 aromatic heterocycles. The third-order valence-electron chi connectivity index (χ3n) is 6.17. The number of nitrogens with one attached hydrogen (secondary N) is 2. The molecule has 0 bridgehead atoms. The predicted octanol–water partition coefficient (Wildman–Crippen LogP) is 4.36. The van der Waals surface area contributed by atoms with Gasteiger partial charge < -0.3 is 24.4 Å². The lowest BCUT2D eigenvalue weighted by Gasteiger charge is -2.36. The van der Waals surface area contributed by atoms with Gasteiger partial charge in [-0.1, -0.05) is 51.9 Å². The van der Waals surface area contributed by atoms with Gasteiger partial charge in [0.05, 0.1) is 24.1 Å². The van der Waals surface area contributed by atoms with Gasteiger partial charge in [0.25, 0.3) is 5.91 Å². The van der Waals surface area contributed by atoms with E-state index in [0.29, 0.717) is 48.7 Å². The second-order valence-electron chi connectivity index (χ2n) is 9.15. The molecule has 2 rings (SSSR count). The van der Waals surface area contributed by atoms with Gasteiger partial charge in [0.1, 0.15) is 18.4 Å². The Bertz CT molecular complexity index is 932. The molecule has 1 aliphatic heterocycles. The van der Waals surface area contributed by atoms with Crippen LogP contribution in [-0.2, 0) is 19.1 Å². The lowest BCUT2D eigenvalue weighted by atomic mass is 10.1. The van der Waals surface area contributed by atoms with Gasteiger partial charge >= 0.3 is 5.97 Å². The second-order valence-corrected chi connectivity index (χ2v) is 10.4. The molecule has 2 N–H and O–H groups in total. The van der Waals surface area contributed by atoms with E-state index in [2.05, 4.69) is 33.5 Å². The first kappa shape index (κ1) is 32.0. The van der Waals surface area contributed by atoms with Crippen LogP contribution in [0.1, 0.15) is 75.1 Å². The zero-order chi connectivity index (χ0) is 27.8. The summed E-state index contributed by atoms with van der Waals surface area (Å²) in [6.07, 6.45) is 9.07. The van der Waals surface area contributed by atoms with Crippen molar-refractivity contribution < 1.29 is 28.6 Å². The molecule has 0 radical (unpaired) electrons. The fraction of sp³-hybridized carbons (Fsp3) is 0.630. The Morgan fingerprint density at radius 3 is 2.50 bits per heavy atom. The number of esters is 1. The summed E-state index contributed by atoms with van der Waals surface area (Å²) in [5.41, 5.74) is 0.362. The van der Waals surface area contributed by atoms with Crippen molar-refractivity contribution in [2.45, 2.75) is 70.8 Å². The maximum Gasteiger partial charge on any atom is 0.308 e. The molecule has 1 saturated heterocycles. The van der Waals surface area contributed by atoms with Crippen LogP contribution in [0.4, 0.5) is 0 Å². The number of thiocarbonyl (C=S) groups is 1. The minimum atomic E-state index is -0.842. The van der Waals surface area contributed by atoms with Crippen LogP contribution in [-0.4, -0.2) is 73.9 Å². The summed E-state index contributed by atoms with van der Waals surface area (Å²) in [5.74, 6) is -0.625. The fourth-order valence-electron chi connectivity index (χ4n) is 4.03. The number of piperazine rings is 1. The SMILES string of the molecule is CCCCCCCCCCOC(=O)CC1C(=O)NCCN1C(=S)NC(=O)c1ccc(OCCOC)c(Br)c1. The molecular formula is C27H40BrN3O6S. The number of nitrogens with zero attached hydrogens (tertiary/aromatic N) is 1. The van der Waals surface area contributed by atoms with E-state index in [1.165, 1.54) is 32.1 Å². The average molecular weight is 615 g/mol. The molecule has 9 nitrogen and oxygen atoms in total. The Kier molecular flexibility index (Phi) is 15.2. The molecule has 11 heteroatoms. The summed E-state index contributed by atoms with van der Waals surface area (Å²) in [6, 6.07) is 4.08. The summed E-state index contributed by atoms with van der Waals surface area (Å²) in [7, 11) is 1.59. The maximum atomic E-state index is 12.8. The van der Waals surface area contributed by atoms with Crippen molar-refractivity contribution in [2.24, 2.45) is 0 Å². The molecule has 1 atom stereocenters. The number of halogens is 1. The number of hydrogen-bond donors (Lipinski definition) is 2. The van der Waals surface area contributed by atoms with Gasteiger partial charge in [0, 0.05) is 25.8 Å². The van der Waals surface area contributed by atoms with E-state index in [1.807, 2.05) is 0 Å². The van der Waals surface area contributed by atoms with Crippen molar-refractivity contribution in [3.05, 3.63) is 28.2 Å². The average Bonchev–Trinajstić information content (AvgIpc) is 2.89. The molecule has 1 aromatic rings. The highest BCUT2D eigenvalue weighted by atomic mass is 79.9. The molecular weight excluding hydrogens is 574 g/mol. The topological polar surface area (TPSA) is 106 Å². The van der Waals surface area contributed by atoms with Gasteiger partial charge in [0.15, 0.2) is 5.11 Å². The third kappa shape index (κ3) is 11.2. The fourth-order valence-corrected chi connectivity index (χ4v) is 4.84. The molecule has 1 heterocycles. The van der Waals surface area contributed by atoms with Crippen molar-refractivity contribution in [1.82, 2.24) is 15.5 Å². The van der Waals surface area contributed by atoms with Crippen molar-refractivity contribution in [2.75, 3.05) is 40.0 Å². The zero-order valence-electron chi connectivity index (χ0n) is 22.4. The van der Waals surface area contributed by atoms with Gasteiger partial charge in [-0.3, -0.25) is 19.7 Å². The quantitative estimate of drug-likeness (QED) is 0.161. The van der Waals surface area contributed by atoms with E-state index in [9.17, 15) is 14.4 Å². The molecule has 0 aliphatic carbocycles. The highest BCUT2D eigenvalue weighted by Crippen LogP contribution is 2.26. The number of carbonyl (C=O) groups is 3. The van der Waals surface area contributed by atoms with Gasteiger partial charge in [-0.2, -0.15) is 0 Å². The summed E-state index contributed by atoms with van der Waals surface area (Å²) in [5, 5.41) is 5.52. The van der Waals surface area contributed by atoms with Crippen LogP contribution >= 0.6 is 28.1 Å². The van der Waals surface area contributed by atoms with Gasteiger partial charge in [0.2, 0.25) is 5.91 Å². The minimum Gasteiger partial charge on any atom is -0.490 e. The van der Waals surface area contributed by atoms with Crippen molar-refractivity contribution in [1.29, 1.82) is 0 Å². The predicted molar refractivity (Wildman–Crippen MR) is 153 cm³/mol. The van der Waals surface area contributed by atoms with E-state index >= 15 is 0 Å². The Labute approximate surface area is 239 Å². The number of rotatable bonds is 16. The van der Waals surface area contributed by atoms with Gasteiger partial charge in [-0.05, 0) is 52.8 Å². The first-order valence-electron chi connectivity index (χ1n) is 13.3. The number of unbranched alkanes of at least 4 members (excludes halogenated alkanes) is 7. The van der Waals surface area contributed by atoms with Gasteiger partial charge in [-0.25, -0.2) is 0 Å². The van der Waals surface area contributed by atoms with Crippen LogP contribution in [0.15, 0.2) is 22.7 Å². The van der Waals surface area contributed by atoms with E-state index < -0.39 is 17.9 Å². The molecule has 2 amide bonds. The summed E-state index contributed by atoms with van der Waals surface area (Å²) in [6.45, 7) is 4.10. The normalized spacial score (nSPS) is 15.1. The first-order chi connectivity index (χ1) is 18.4. The van der Waals surface area contributed by atoms with Gasteiger partial charge in [-0.15, -0.1) is 0 Å². The van der Waals surface area contributed by atoms with Crippen LogP contribution < -0.4 is 15.4 Å². The lowest BCUT2D eigenvalue weighted by molar-refractivity contribution is -0.147. The highest BCUT2D eigenvalue weighted by molar-refractivity contribution is 9.10. The monoisotopic (exact) mass is 613 g/mol. The Balaban J connectivity index is 1.83. The van der Waals surface area contributed by atoms with E-state index in [-0.39, 0.29) is 17.4 Å². The van der Waals surface area contributed by atoms with Crippen molar-refractivity contribution in [3.8, 4) is 5.75 Å². The Hall–Kier alpha value is -2.24. The first-order valence-corrected chi connectivity index (χ1v) is 14.5. The maximum absolute atomic E-state index is 12.8. The van der Waals surface area contributed by atoms with Crippen LogP contribution in [0.25, 0.3) is 0 Å². The number of benzene rings is 1. The van der Waals surface area contributed by atoms with E-state index in [0.717, 1.165) is 19.3 Å². The largest absolute Gasteiger partial charge is 0.490 e. The van der Waals surface area contributed by atoms with E-state index in [4.69, 9.17) is 26.4 Å². The van der Waals surface area contributed by atoms with Crippen molar-refractivity contribution >= 4 is 51.0 Å². The lowest BCUT2D eigenvalue weighted by Crippen LogP contribution is -2.60. The van der Waals surface area contributed by atoms with Crippen LogP contribution in [0.3, 0.4) is 0 Å². The Morgan fingerprint density at radius 2 is 1.82 bits per heavy atom. The molecule has 0 spiro atoms. The minimum absolute atomic E-state index is 0.0854. The third-order valence-corrected chi connectivity index (χ3v) is 7.13. The van der Waals surface area contributed by atoms with Crippen LogP contribution in [0.2, 0.25) is 0 Å². The molecule has 1 unspecified atom stereocenters. The standard InChI is InChI=1S/C27H40BrN3O6S/c1-3-4-5-6-7-8-9-10-15-37-24(32)19-22-26(34)29-13-14-31(22)27(38)30-25(33)20-11-12-23(21(28)18-20)36-17-16-35-2/h11-12,18,22H,3-10,13-17,19H2,1-2H3,(H,29,34)(H,30,33,38). The van der Waals surface area contributed by atoms with Crippen LogP contribution in [0, 0.1) is 0 Å². The van der Waals surface area contributed by atoms with E-state index in [1.54, 1.807) is 30.2 Å². The Morgan fingerprint density at radius 1 is 1.11 bits per heavy atom. The summed E-state index contributed by atoms with van der Waals surface area (Å²) in [4.78, 5) is 39.4. The smallest absolute Gasteiger partial charge is 0.308 e. The molecule has 1 aliphatic rings. The molecule has 212 valence electrons. The summed E-state index contributed by atoms with van der Waals surface area (Å²) < 4.78 is 16.6. The molecule has 1 fully saturated rings. The highest BCUT2D eigenvalue weighted by Gasteiger charge is 2.34. The number of amides is 2. The van der Waals surface area contributed by atoms with Crippen molar-refractivity contribution in [3.63, 3.8) is 0 Å². The summed E-state index contributed by atoms with van der Waals surface area (Å²) >= 11 is 8.86. The molecule has 1 aromatic carbocycles.